The van der Waals surface area contributed by atoms with Crippen molar-refractivity contribution in [1.29, 1.82) is 0 Å². The topological polar surface area (TPSA) is 170 Å². The number of nitrogens with zero attached hydrogens (tertiary/aromatic N) is 2. The monoisotopic (exact) mass is 568 g/mol. The Balaban J connectivity index is 1.51. The maximum absolute atomic E-state index is 13.3. The standard InChI is InChI=1S/C31H24N2O9/c34-27(19-8-10-24(25(17-19)29(37)38)30(39)41-15-11-21-5-1-3-13-32-21)20-7-9-23(28(35)36)26(18-20)31(40)42-16-12-22-6-2-4-14-33-22/h1-10,13-14,17-18H,11-12,15-16H2,(H,35,36)(H,37,38). The summed E-state index contributed by atoms with van der Waals surface area (Å²) in [4.78, 5) is 70.6. The molecule has 2 aromatic carbocycles. The Morgan fingerprint density at radius 2 is 1.05 bits per heavy atom. The van der Waals surface area contributed by atoms with E-state index in [4.69, 9.17) is 9.47 Å². The van der Waals surface area contributed by atoms with Crippen molar-refractivity contribution in [2.24, 2.45) is 0 Å². The van der Waals surface area contributed by atoms with E-state index in [1.54, 1.807) is 48.8 Å². The molecule has 0 aliphatic rings. The van der Waals surface area contributed by atoms with Crippen LogP contribution in [0.1, 0.15) is 68.7 Å². The van der Waals surface area contributed by atoms with Crippen LogP contribution in [0.15, 0.2) is 85.2 Å². The van der Waals surface area contributed by atoms with Gasteiger partial charge in [-0.2, -0.15) is 0 Å². The summed E-state index contributed by atoms with van der Waals surface area (Å²) in [7, 11) is 0. The second-order valence-electron chi connectivity index (χ2n) is 8.87. The first kappa shape index (κ1) is 29.3. The number of carboxylic acid groups (broad SMARTS) is 2. The molecule has 2 aromatic heterocycles. The molecule has 0 aliphatic carbocycles. The molecule has 2 N–H and O–H groups in total. The van der Waals surface area contributed by atoms with Gasteiger partial charge in [-0.3, -0.25) is 14.8 Å². The molecule has 11 heteroatoms. The minimum atomic E-state index is -1.46. The van der Waals surface area contributed by atoms with Gasteiger partial charge in [0.15, 0.2) is 5.78 Å². The number of aromatic nitrogens is 2. The molecule has 42 heavy (non-hydrogen) atoms. The maximum Gasteiger partial charge on any atom is 0.339 e. The van der Waals surface area contributed by atoms with Crippen LogP contribution < -0.4 is 0 Å². The fraction of sp³-hybridized carbons (Fsp3) is 0.129. The number of rotatable bonds is 12. The number of carbonyl (C=O) groups excluding carboxylic acids is 3. The van der Waals surface area contributed by atoms with Gasteiger partial charge in [0.1, 0.15) is 0 Å². The normalized spacial score (nSPS) is 10.5. The molecule has 0 bridgehead atoms. The number of ether oxygens (including phenoxy) is 2. The molecule has 4 aromatic rings. The SMILES string of the molecule is O=C(c1ccc(C(=O)OCCc2ccccn2)c(C(=O)O)c1)c1ccc(C(=O)O)c(C(=O)OCCc2ccccn2)c1. The van der Waals surface area contributed by atoms with Gasteiger partial charge in [-0.05, 0) is 48.5 Å². The lowest BCUT2D eigenvalue weighted by atomic mass is 9.95. The molecule has 0 fully saturated rings. The van der Waals surface area contributed by atoms with Gasteiger partial charge in [-0.25, -0.2) is 19.2 Å². The molecule has 4 rings (SSSR count). The van der Waals surface area contributed by atoms with Gasteiger partial charge in [0, 0.05) is 47.8 Å². The van der Waals surface area contributed by atoms with Gasteiger partial charge >= 0.3 is 23.9 Å². The molecular weight excluding hydrogens is 544 g/mol. The fourth-order valence-electron chi connectivity index (χ4n) is 3.99. The molecule has 0 radical (unpaired) electrons. The van der Waals surface area contributed by atoms with E-state index in [1.165, 1.54) is 12.1 Å². The first-order valence-corrected chi connectivity index (χ1v) is 12.7. The van der Waals surface area contributed by atoms with Crippen LogP contribution in [0, 0.1) is 0 Å². The summed E-state index contributed by atoms with van der Waals surface area (Å²) in [5.74, 6) is -5.40. The minimum absolute atomic E-state index is 0.0355. The molecule has 0 saturated carbocycles. The summed E-state index contributed by atoms with van der Waals surface area (Å²) < 4.78 is 10.4. The van der Waals surface area contributed by atoms with E-state index in [9.17, 15) is 34.2 Å². The van der Waals surface area contributed by atoms with E-state index in [2.05, 4.69) is 9.97 Å². The summed E-state index contributed by atoms with van der Waals surface area (Å²) in [5, 5.41) is 19.3. The van der Waals surface area contributed by atoms with Crippen molar-refractivity contribution in [1.82, 2.24) is 9.97 Å². The Morgan fingerprint density at radius 1 is 0.571 bits per heavy atom. The first-order valence-electron chi connectivity index (χ1n) is 12.7. The molecule has 0 saturated heterocycles. The third kappa shape index (κ3) is 7.27. The van der Waals surface area contributed by atoms with Gasteiger partial charge in [-0.15, -0.1) is 0 Å². The van der Waals surface area contributed by atoms with Gasteiger partial charge in [0.05, 0.1) is 35.5 Å². The fourth-order valence-corrected chi connectivity index (χ4v) is 3.99. The second kappa shape index (κ2) is 13.6. The van der Waals surface area contributed by atoms with Gasteiger partial charge in [0.2, 0.25) is 0 Å². The van der Waals surface area contributed by atoms with Crippen LogP contribution in [0.25, 0.3) is 0 Å². The number of hydrogen-bond donors (Lipinski definition) is 2. The summed E-state index contributed by atoms with van der Waals surface area (Å²) >= 11 is 0. The Hall–Kier alpha value is -5.71. The van der Waals surface area contributed by atoms with Crippen molar-refractivity contribution in [3.8, 4) is 0 Å². The predicted octanol–water partition coefficient (Wildman–Crippen LogP) is 3.90. The number of carbonyl (C=O) groups is 5. The lowest BCUT2D eigenvalue weighted by molar-refractivity contribution is 0.0492. The third-order valence-corrected chi connectivity index (χ3v) is 6.10. The zero-order valence-corrected chi connectivity index (χ0v) is 22.1. The molecule has 11 nitrogen and oxygen atoms in total. The highest BCUT2D eigenvalue weighted by Crippen LogP contribution is 2.20. The number of pyridine rings is 2. The lowest BCUT2D eigenvalue weighted by Crippen LogP contribution is -2.16. The van der Waals surface area contributed by atoms with Crippen LogP contribution in [-0.4, -0.2) is 63.1 Å². The molecule has 0 unspecified atom stereocenters. The van der Waals surface area contributed by atoms with E-state index in [0.717, 1.165) is 24.3 Å². The molecule has 0 amide bonds. The third-order valence-electron chi connectivity index (χ3n) is 6.10. The van der Waals surface area contributed by atoms with E-state index in [1.807, 2.05) is 0 Å². The number of carboxylic acids is 2. The molecule has 0 spiro atoms. The van der Waals surface area contributed by atoms with Gasteiger partial charge in [-0.1, -0.05) is 24.3 Å². The first-order chi connectivity index (χ1) is 20.2. The zero-order valence-electron chi connectivity index (χ0n) is 22.1. The molecular formula is C31H24N2O9. The average molecular weight is 569 g/mol. The predicted molar refractivity (Wildman–Crippen MR) is 147 cm³/mol. The number of hydrogen-bond acceptors (Lipinski definition) is 9. The Labute approximate surface area is 239 Å². The molecule has 0 aliphatic heterocycles. The smallest absolute Gasteiger partial charge is 0.339 e. The quantitative estimate of drug-likeness (QED) is 0.188. The molecule has 2 heterocycles. The van der Waals surface area contributed by atoms with Crippen molar-refractivity contribution in [3.05, 3.63) is 130 Å². The Bertz CT molecular complexity index is 1640. The van der Waals surface area contributed by atoms with E-state index in [-0.39, 0.29) is 41.0 Å². The minimum Gasteiger partial charge on any atom is -0.478 e. The van der Waals surface area contributed by atoms with Crippen LogP contribution in [0.3, 0.4) is 0 Å². The number of esters is 2. The van der Waals surface area contributed by atoms with Gasteiger partial charge < -0.3 is 19.7 Å². The Morgan fingerprint density at radius 3 is 1.52 bits per heavy atom. The lowest BCUT2D eigenvalue weighted by Gasteiger charge is -2.11. The van der Waals surface area contributed by atoms with Crippen LogP contribution in [-0.2, 0) is 22.3 Å². The largest absolute Gasteiger partial charge is 0.478 e. The van der Waals surface area contributed by atoms with E-state index < -0.39 is 35.2 Å². The van der Waals surface area contributed by atoms with E-state index in [0.29, 0.717) is 24.2 Å². The number of ketones is 1. The zero-order chi connectivity index (χ0) is 30.1. The van der Waals surface area contributed by atoms with Crippen molar-refractivity contribution in [3.63, 3.8) is 0 Å². The molecule has 212 valence electrons. The van der Waals surface area contributed by atoms with Crippen LogP contribution in [0.2, 0.25) is 0 Å². The maximum atomic E-state index is 13.3. The highest BCUT2D eigenvalue weighted by atomic mass is 16.5. The van der Waals surface area contributed by atoms with Crippen LogP contribution in [0.5, 0.6) is 0 Å². The highest BCUT2D eigenvalue weighted by molar-refractivity contribution is 6.13. The van der Waals surface area contributed by atoms with Crippen molar-refractivity contribution >= 4 is 29.7 Å². The summed E-state index contributed by atoms with van der Waals surface area (Å²) in [6.07, 6.45) is 3.80. The van der Waals surface area contributed by atoms with Crippen molar-refractivity contribution in [2.45, 2.75) is 12.8 Å². The summed E-state index contributed by atoms with van der Waals surface area (Å²) in [5.41, 5.74) is -0.255. The second-order valence-corrected chi connectivity index (χ2v) is 8.87. The van der Waals surface area contributed by atoms with Crippen LogP contribution >= 0.6 is 0 Å². The highest BCUT2D eigenvalue weighted by Gasteiger charge is 2.24. The van der Waals surface area contributed by atoms with E-state index >= 15 is 0 Å². The molecule has 0 atom stereocenters. The van der Waals surface area contributed by atoms with Gasteiger partial charge in [0.25, 0.3) is 0 Å². The van der Waals surface area contributed by atoms with Crippen molar-refractivity contribution < 1.29 is 43.7 Å². The van der Waals surface area contributed by atoms with Crippen molar-refractivity contribution in [2.75, 3.05) is 13.2 Å². The van der Waals surface area contributed by atoms with Crippen LogP contribution in [0.4, 0.5) is 0 Å². The Kier molecular flexibility index (Phi) is 9.46. The average Bonchev–Trinajstić information content (AvgIpc) is 3.01. The number of benzene rings is 2. The summed E-state index contributed by atoms with van der Waals surface area (Å²) in [6, 6.07) is 17.4. The number of aromatic carboxylic acids is 2. The summed E-state index contributed by atoms with van der Waals surface area (Å²) in [6.45, 7) is -0.110.